The molecule has 0 unspecified atom stereocenters. The van der Waals surface area contributed by atoms with Gasteiger partial charge in [0.05, 0.1) is 17.1 Å². The van der Waals surface area contributed by atoms with Crippen LogP contribution in [0.4, 0.5) is 0 Å². The first-order chi connectivity index (χ1) is 36.9. The van der Waals surface area contributed by atoms with E-state index in [9.17, 15) is 0 Å². The van der Waals surface area contributed by atoms with E-state index in [4.69, 9.17) is 15.0 Å². The van der Waals surface area contributed by atoms with Crippen LogP contribution in [0.15, 0.2) is 267 Å². The Labute approximate surface area is 440 Å². The summed E-state index contributed by atoms with van der Waals surface area (Å²) in [5.41, 5.74) is 27.9. The highest BCUT2D eigenvalue weighted by Gasteiger charge is 2.19. The maximum absolute atomic E-state index is 4.88. The van der Waals surface area contributed by atoms with Crippen molar-refractivity contribution in [2.75, 3.05) is 0 Å². The molecule has 0 aliphatic heterocycles. The topological polar surface area (TPSA) is 38.7 Å². The van der Waals surface area contributed by atoms with E-state index >= 15 is 0 Å². The van der Waals surface area contributed by atoms with Gasteiger partial charge in [-0.25, -0.2) is 0 Å². The van der Waals surface area contributed by atoms with Gasteiger partial charge in [-0.15, -0.1) is 0 Å². The molecule has 0 aliphatic rings. The normalized spacial score (nSPS) is 11.1. The Balaban J connectivity index is 1.03. The zero-order valence-corrected chi connectivity index (χ0v) is 42.2. The SMILES string of the molecule is Cc1ccc(-c2ccc(-c3ccccc3-c3cc(-c4ccccc4-c4ccc(-c5ccc(C)cn5)cc4)cc(-c4ccccc4-c4ccc(-c5ccc(C)cn5)cc4-c4ccc(-c5ccccc5)cc4)c3)cc2)nc1. The Bertz CT molecular complexity index is 3800. The number of aryl methyl sites for hydroxylation is 3. The number of aromatic nitrogens is 3. The van der Waals surface area contributed by atoms with Crippen molar-refractivity contribution in [3.05, 3.63) is 284 Å². The third-order valence-corrected chi connectivity index (χ3v) is 14.3. The lowest BCUT2D eigenvalue weighted by Gasteiger charge is -2.19. The molecule has 0 amide bonds. The Kier molecular flexibility index (Phi) is 12.7. The highest BCUT2D eigenvalue weighted by molar-refractivity contribution is 5.97. The van der Waals surface area contributed by atoms with Crippen molar-refractivity contribution in [1.82, 2.24) is 15.0 Å². The first-order valence-corrected chi connectivity index (χ1v) is 25.6. The summed E-state index contributed by atoms with van der Waals surface area (Å²) in [5, 5.41) is 0. The summed E-state index contributed by atoms with van der Waals surface area (Å²) in [4.78, 5) is 14.3. The molecule has 9 aromatic carbocycles. The molecule has 3 aromatic heterocycles. The Morgan fingerprint density at radius 2 is 0.480 bits per heavy atom. The highest BCUT2D eigenvalue weighted by Crippen LogP contribution is 2.45. The summed E-state index contributed by atoms with van der Waals surface area (Å²) in [7, 11) is 0. The average Bonchev–Trinajstić information content (AvgIpc) is 3.48. The molecule has 3 heteroatoms. The monoisotopic (exact) mass is 959 g/mol. The molecule has 0 atom stereocenters. The molecule has 0 saturated carbocycles. The van der Waals surface area contributed by atoms with Gasteiger partial charge in [-0.05, 0) is 169 Å². The third-order valence-electron chi connectivity index (χ3n) is 14.3. The molecule has 12 rings (SSSR count). The minimum absolute atomic E-state index is 0.945. The van der Waals surface area contributed by atoms with Crippen LogP contribution in [0.5, 0.6) is 0 Å². The second-order valence-electron chi connectivity index (χ2n) is 19.5. The summed E-state index contributed by atoms with van der Waals surface area (Å²) in [5.74, 6) is 0. The van der Waals surface area contributed by atoms with Crippen LogP contribution in [0.2, 0.25) is 0 Å². The predicted molar refractivity (Wildman–Crippen MR) is 314 cm³/mol. The van der Waals surface area contributed by atoms with Gasteiger partial charge >= 0.3 is 0 Å². The van der Waals surface area contributed by atoms with Crippen LogP contribution in [0.3, 0.4) is 0 Å². The summed E-state index contributed by atoms with van der Waals surface area (Å²) in [6.07, 6.45) is 5.81. The Morgan fingerprint density at radius 3 is 0.893 bits per heavy atom. The average molecular weight is 960 g/mol. The van der Waals surface area contributed by atoms with Crippen molar-refractivity contribution < 1.29 is 0 Å². The van der Waals surface area contributed by atoms with Gasteiger partial charge in [-0.3, -0.25) is 15.0 Å². The quantitative estimate of drug-likeness (QED) is 0.130. The molecule has 12 aromatic rings. The molecule has 0 N–H and O–H groups in total. The van der Waals surface area contributed by atoms with Crippen molar-refractivity contribution in [3.63, 3.8) is 0 Å². The van der Waals surface area contributed by atoms with Crippen LogP contribution >= 0.6 is 0 Å². The molecule has 0 saturated heterocycles. The highest BCUT2D eigenvalue weighted by atomic mass is 14.7. The lowest BCUT2D eigenvalue weighted by molar-refractivity contribution is 1.27. The zero-order chi connectivity index (χ0) is 50.7. The number of rotatable bonds is 11. The standard InChI is InChI=1S/C72H53N3/c1-48-21-38-70(73-45-48)56-32-28-53(29-33-56)62-15-7-9-17-64(62)59-41-60(65-18-10-8-16-63(65)54-30-34-57(35-31-54)71-39-22-49(2)46-74-71)43-61(42-59)66-19-11-12-20-67(66)68-37-36-58(72-40-23-50(3)47-75-72)44-69(68)55-26-24-52(25-27-55)51-13-5-4-6-14-51/h4-47H,1-3H3. The van der Waals surface area contributed by atoms with E-state index in [2.05, 4.69) is 269 Å². The van der Waals surface area contributed by atoms with Crippen LogP contribution in [0, 0.1) is 20.8 Å². The van der Waals surface area contributed by atoms with Crippen LogP contribution in [0.25, 0.3) is 123 Å². The van der Waals surface area contributed by atoms with E-state index in [1.807, 2.05) is 18.6 Å². The minimum Gasteiger partial charge on any atom is -0.256 e. The van der Waals surface area contributed by atoms with Crippen LogP contribution in [-0.4, -0.2) is 15.0 Å². The molecular formula is C72H53N3. The van der Waals surface area contributed by atoms with Gasteiger partial charge in [-0.1, -0.05) is 206 Å². The first-order valence-electron chi connectivity index (χ1n) is 25.6. The lowest BCUT2D eigenvalue weighted by atomic mass is 9.84. The molecule has 3 heterocycles. The second kappa shape index (κ2) is 20.5. The second-order valence-corrected chi connectivity index (χ2v) is 19.5. The molecule has 75 heavy (non-hydrogen) atoms. The summed E-state index contributed by atoms with van der Waals surface area (Å²) in [6.45, 7) is 6.22. The van der Waals surface area contributed by atoms with Crippen LogP contribution in [0.1, 0.15) is 16.7 Å². The van der Waals surface area contributed by atoms with E-state index in [1.54, 1.807) is 0 Å². The van der Waals surface area contributed by atoms with Gasteiger partial charge in [0.15, 0.2) is 0 Å². The fourth-order valence-corrected chi connectivity index (χ4v) is 10.2. The van der Waals surface area contributed by atoms with Gasteiger partial charge in [-0.2, -0.15) is 0 Å². The molecular weight excluding hydrogens is 907 g/mol. The van der Waals surface area contributed by atoms with Gasteiger partial charge < -0.3 is 0 Å². The smallest absolute Gasteiger partial charge is 0.0702 e. The zero-order valence-electron chi connectivity index (χ0n) is 42.2. The summed E-state index contributed by atoms with van der Waals surface area (Å²) in [6, 6.07) is 90.4. The van der Waals surface area contributed by atoms with Gasteiger partial charge in [0.2, 0.25) is 0 Å². The van der Waals surface area contributed by atoms with Gasteiger partial charge in [0, 0.05) is 35.3 Å². The number of nitrogens with zero attached hydrogens (tertiary/aromatic N) is 3. The van der Waals surface area contributed by atoms with E-state index in [1.165, 1.54) is 11.1 Å². The first kappa shape index (κ1) is 46.5. The molecule has 0 fully saturated rings. The maximum Gasteiger partial charge on any atom is 0.0702 e. The number of hydrogen-bond acceptors (Lipinski definition) is 3. The molecule has 0 spiro atoms. The summed E-state index contributed by atoms with van der Waals surface area (Å²) < 4.78 is 0. The molecule has 0 bridgehead atoms. The fourth-order valence-electron chi connectivity index (χ4n) is 10.2. The predicted octanol–water partition coefficient (Wildman–Crippen LogP) is 19.1. The van der Waals surface area contributed by atoms with Crippen molar-refractivity contribution in [2.24, 2.45) is 0 Å². The number of hydrogen-bond donors (Lipinski definition) is 0. The van der Waals surface area contributed by atoms with Crippen LogP contribution < -0.4 is 0 Å². The largest absolute Gasteiger partial charge is 0.256 e. The fraction of sp³-hybridized carbons (Fsp3) is 0.0417. The van der Waals surface area contributed by atoms with E-state index in [0.717, 1.165) is 128 Å². The van der Waals surface area contributed by atoms with Gasteiger partial charge in [0.1, 0.15) is 0 Å². The van der Waals surface area contributed by atoms with Gasteiger partial charge in [0.25, 0.3) is 0 Å². The Morgan fingerprint density at radius 1 is 0.187 bits per heavy atom. The van der Waals surface area contributed by atoms with E-state index in [0.29, 0.717) is 0 Å². The van der Waals surface area contributed by atoms with E-state index < -0.39 is 0 Å². The molecule has 356 valence electrons. The third kappa shape index (κ3) is 9.76. The van der Waals surface area contributed by atoms with E-state index in [-0.39, 0.29) is 0 Å². The molecule has 3 nitrogen and oxygen atoms in total. The molecule has 0 aliphatic carbocycles. The molecule has 0 radical (unpaired) electrons. The minimum atomic E-state index is 0.945. The Hall–Kier alpha value is -9.57. The maximum atomic E-state index is 4.88. The van der Waals surface area contributed by atoms with Crippen molar-refractivity contribution in [2.45, 2.75) is 20.8 Å². The number of pyridine rings is 3. The lowest BCUT2D eigenvalue weighted by Crippen LogP contribution is -1.94. The van der Waals surface area contributed by atoms with Crippen molar-refractivity contribution in [1.29, 1.82) is 0 Å². The summed E-state index contributed by atoms with van der Waals surface area (Å²) >= 11 is 0. The van der Waals surface area contributed by atoms with Crippen molar-refractivity contribution >= 4 is 0 Å². The van der Waals surface area contributed by atoms with Crippen molar-refractivity contribution in [3.8, 4) is 123 Å². The number of benzene rings is 9. The van der Waals surface area contributed by atoms with Crippen LogP contribution in [-0.2, 0) is 0 Å².